The van der Waals surface area contributed by atoms with Crippen LogP contribution in [-0.2, 0) is 16.0 Å². The van der Waals surface area contributed by atoms with Gasteiger partial charge in [0, 0.05) is 0 Å². The fourth-order valence-corrected chi connectivity index (χ4v) is 1.36. The average molecular weight is 333 g/mol. The van der Waals surface area contributed by atoms with E-state index in [2.05, 4.69) is 30.4 Å². The zero-order chi connectivity index (χ0) is 19.8. The molecule has 1 aromatic carbocycles. The van der Waals surface area contributed by atoms with Crippen LogP contribution < -0.4 is 5.73 Å². The highest BCUT2D eigenvalue weighted by Crippen LogP contribution is 2.07. The van der Waals surface area contributed by atoms with E-state index < -0.39 is 17.7 Å². The molecule has 5 heteroatoms. The predicted molar refractivity (Wildman–Crippen MR) is 97.1 cm³/mol. The minimum Gasteiger partial charge on any atom is -0.481 e. The Morgan fingerprint density at radius 3 is 1.79 bits per heavy atom. The van der Waals surface area contributed by atoms with E-state index >= 15 is 0 Å². The van der Waals surface area contributed by atoms with Gasteiger partial charge in [0.1, 0.15) is 5.60 Å². The smallest absolute Gasteiger partial charge is 0.405 e. The summed E-state index contributed by atoms with van der Waals surface area (Å²) in [6.07, 6.45) is 15.9. The number of nitrogens with two attached hydrogens (primary N) is 1. The van der Waals surface area contributed by atoms with E-state index in [9.17, 15) is 9.59 Å². The van der Waals surface area contributed by atoms with Crippen LogP contribution in [0.4, 0.5) is 4.79 Å². The number of ether oxygens (including phenoxy) is 1. The van der Waals surface area contributed by atoms with Crippen molar-refractivity contribution in [3.05, 3.63) is 35.9 Å². The Morgan fingerprint density at radius 1 is 1.12 bits per heavy atom. The number of hydrogen-bond donors (Lipinski definition) is 2. The fraction of sp³-hybridized carbons (Fsp3) is 0.368. The topological polar surface area (TPSA) is 89.6 Å². The molecule has 1 rings (SSSR count). The van der Waals surface area contributed by atoms with Gasteiger partial charge in [-0.05, 0) is 32.8 Å². The summed E-state index contributed by atoms with van der Waals surface area (Å²) in [5.41, 5.74) is 5.34. The first-order chi connectivity index (χ1) is 11.1. The van der Waals surface area contributed by atoms with E-state index in [4.69, 9.17) is 10.8 Å². The van der Waals surface area contributed by atoms with Crippen LogP contribution in [0.2, 0.25) is 0 Å². The van der Waals surface area contributed by atoms with E-state index in [1.165, 1.54) is 0 Å². The summed E-state index contributed by atoms with van der Waals surface area (Å²) in [6, 6.07) is 9.65. The average Bonchev–Trinajstić information content (AvgIpc) is 2.50. The molecular formula is C19H27NO4. The maximum absolute atomic E-state index is 10.5. The standard InChI is InChI=1S/C10H12O2.C5H11NO2.2C2H2/c1-8(10(11)12)7-9-5-3-2-4-6-9;1-5(2,3)8-4(6)7;2*1-2/h2-6,8H,7H2,1H3,(H,11,12);1-3H3,(H2,6,7);2*1-2H/t8-;;;/m0.../s1. The molecule has 0 heterocycles. The van der Waals surface area contributed by atoms with Crippen molar-refractivity contribution in [1.29, 1.82) is 0 Å². The lowest BCUT2D eigenvalue weighted by molar-refractivity contribution is -0.141. The number of carboxylic acids is 1. The van der Waals surface area contributed by atoms with Crippen molar-refractivity contribution in [2.75, 3.05) is 0 Å². The van der Waals surface area contributed by atoms with Crippen molar-refractivity contribution in [3.63, 3.8) is 0 Å². The monoisotopic (exact) mass is 333 g/mol. The van der Waals surface area contributed by atoms with Crippen LogP contribution in [0.15, 0.2) is 30.3 Å². The third-order valence-corrected chi connectivity index (χ3v) is 2.21. The molecule has 0 radical (unpaired) electrons. The Kier molecular flexibility index (Phi) is 16.2. The molecule has 0 aliphatic carbocycles. The second-order valence-corrected chi connectivity index (χ2v) is 5.46. The van der Waals surface area contributed by atoms with Gasteiger partial charge in [-0.25, -0.2) is 4.79 Å². The van der Waals surface area contributed by atoms with E-state index in [1.54, 1.807) is 27.7 Å². The molecule has 132 valence electrons. The van der Waals surface area contributed by atoms with Gasteiger partial charge in [-0.3, -0.25) is 4.79 Å². The van der Waals surface area contributed by atoms with E-state index in [0.717, 1.165) is 5.56 Å². The third-order valence-electron chi connectivity index (χ3n) is 2.21. The number of terminal acetylenes is 2. The van der Waals surface area contributed by atoms with Gasteiger partial charge in [0.25, 0.3) is 0 Å². The van der Waals surface area contributed by atoms with Gasteiger partial charge in [0.05, 0.1) is 5.92 Å². The summed E-state index contributed by atoms with van der Waals surface area (Å²) < 4.78 is 4.58. The second-order valence-electron chi connectivity index (χ2n) is 5.46. The summed E-state index contributed by atoms with van der Waals surface area (Å²) in [5, 5.41) is 8.64. The van der Waals surface area contributed by atoms with E-state index in [-0.39, 0.29) is 5.92 Å². The highest BCUT2D eigenvalue weighted by molar-refractivity contribution is 5.69. The Labute approximate surface area is 145 Å². The lowest BCUT2D eigenvalue weighted by Crippen LogP contribution is -2.27. The molecule has 0 saturated heterocycles. The van der Waals surface area contributed by atoms with Gasteiger partial charge in [0.15, 0.2) is 0 Å². The molecule has 0 aromatic heterocycles. The first-order valence-electron chi connectivity index (χ1n) is 7.03. The number of aliphatic carboxylic acids is 1. The van der Waals surface area contributed by atoms with Gasteiger partial charge in [-0.15, -0.1) is 25.7 Å². The number of benzene rings is 1. The zero-order valence-electron chi connectivity index (χ0n) is 14.7. The van der Waals surface area contributed by atoms with Gasteiger partial charge >= 0.3 is 12.1 Å². The molecule has 0 spiro atoms. The van der Waals surface area contributed by atoms with Crippen molar-refractivity contribution < 1.29 is 19.4 Å². The highest BCUT2D eigenvalue weighted by Gasteiger charge is 2.12. The molecule has 0 aliphatic rings. The summed E-state index contributed by atoms with van der Waals surface area (Å²) >= 11 is 0. The maximum Gasteiger partial charge on any atom is 0.405 e. The molecule has 1 atom stereocenters. The Morgan fingerprint density at radius 2 is 1.54 bits per heavy atom. The summed E-state index contributed by atoms with van der Waals surface area (Å²) in [7, 11) is 0. The minimum absolute atomic E-state index is 0.299. The molecule has 0 bridgehead atoms. The van der Waals surface area contributed by atoms with Crippen molar-refractivity contribution in [3.8, 4) is 25.7 Å². The molecule has 0 aliphatic heterocycles. The number of amides is 1. The van der Waals surface area contributed by atoms with Crippen molar-refractivity contribution >= 4 is 12.1 Å². The first kappa shape index (κ1) is 26.0. The van der Waals surface area contributed by atoms with Gasteiger partial charge < -0.3 is 15.6 Å². The van der Waals surface area contributed by atoms with Crippen LogP contribution in [-0.4, -0.2) is 22.8 Å². The van der Waals surface area contributed by atoms with E-state index in [0.29, 0.717) is 6.42 Å². The molecule has 3 N–H and O–H groups in total. The fourth-order valence-electron chi connectivity index (χ4n) is 1.36. The van der Waals surface area contributed by atoms with Gasteiger partial charge in [0.2, 0.25) is 0 Å². The minimum atomic E-state index is -0.737. The van der Waals surface area contributed by atoms with Crippen LogP contribution >= 0.6 is 0 Å². The van der Waals surface area contributed by atoms with Crippen molar-refractivity contribution in [2.45, 2.75) is 39.7 Å². The largest absolute Gasteiger partial charge is 0.481 e. The number of carbonyl (C=O) groups is 2. The van der Waals surface area contributed by atoms with Crippen LogP contribution in [0.5, 0.6) is 0 Å². The van der Waals surface area contributed by atoms with Crippen molar-refractivity contribution in [2.24, 2.45) is 11.7 Å². The quantitative estimate of drug-likeness (QED) is 0.830. The first-order valence-corrected chi connectivity index (χ1v) is 7.03. The number of carbonyl (C=O) groups excluding carboxylic acids is 1. The molecule has 0 saturated carbocycles. The van der Waals surface area contributed by atoms with Crippen LogP contribution in [0.25, 0.3) is 0 Å². The van der Waals surface area contributed by atoms with Gasteiger partial charge in [-0.2, -0.15) is 0 Å². The molecule has 0 fully saturated rings. The maximum atomic E-state index is 10.5. The van der Waals surface area contributed by atoms with Crippen LogP contribution in [0, 0.1) is 31.6 Å². The number of primary amides is 1. The van der Waals surface area contributed by atoms with Crippen LogP contribution in [0.1, 0.15) is 33.3 Å². The number of rotatable bonds is 3. The predicted octanol–water partition coefficient (Wildman–Crippen LogP) is 3.33. The Hall–Kier alpha value is -2.92. The molecule has 5 nitrogen and oxygen atoms in total. The summed E-state index contributed by atoms with van der Waals surface area (Å²) in [4.78, 5) is 20.5. The molecule has 1 aromatic rings. The lowest BCUT2D eigenvalue weighted by Gasteiger charge is -2.16. The molecular weight excluding hydrogens is 306 g/mol. The third kappa shape index (κ3) is 19.1. The van der Waals surface area contributed by atoms with Crippen LogP contribution in [0.3, 0.4) is 0 Å². The Balaban J connectivity index is -0.000000321. The highest BCUT2D eigenvalue weighted by atomic mass is 16.6. The normalized spacial score (nSPS) is 10.0. The summed E-state index contributed by atoms with van der Waals surface area (Å²) in [5.74, 6) is -1.04. The SMILES string of the molecule is C#C.C#C.CC(C)(C)OC(N)=O.C[C@@H](Cc1ccccc1)C(=O)O. The van der Waals surface area contributed by atoms with Crippen molar-refractivity contribution in [1.82, 2.24) is 0 Å². The molecule has 24 heavy (non-hydrogen) atoms. The second kappa shape index (κ2) is 15.0. The molecule has 0 unspecified atom stereocenters. The number of hydrogen-bond acceptors (Lipinski definition) is 3. The lowest BCUT2D eigenvalue weighted by atomic mass is 10.0. The zero-order valence-corrected chi connectivity index (χ0v) is 14.7. The van der Waals surface area contributed by atoms with E-state index in [1.807, 2.05) is 30.3 Å². The Bertz CT molecular complexity index is 492. The molecule has 1 amide bonds. The van der Waals surface area contributed by atoms with Gasteiger partial charge in [-0.1, -0.05) is 37.3 Å². The summed E-state index contributed by atoms with van der Waals surface area (Å²) in [6.45, 7) is 7.00. The number of carboxylic acid groups (broad SMARTS) is 1.